The number of nitrogens with zero attached hydrogens (tertiary/aromatic N) is 1. The smallest absolute Gasteiger partial charge is 0.315 e. The van der Waals surface area contributed by atoms with E-state index < -0.39 is 5.97 Å². The van der Waals surface area contributed by atoms with Crippen LogP contribution in [0.25, 0.3) is 0 Å². The summed E-state index contributed by atoms with van der Waals surface area (Å²) in [5.74, 6) is 0.417. The number of hydrogen-bond donors (Lipinski definition) is 0. The molecule has 5 nitrogen and oxygen atoms in total. The van der Waals surface area contributed by atoms with Crippen LogP contribution in [-0.2, 0) is 20.8 Å². The molecule has 2 saturated carbocycles. The predicted molar refractivity (Wildman–Crippen MR) is 109 cm³/mol. The van der Waals surface area contributed by atoms with Crippen LogP contribution in [-0.4, -0.2) is 17.8 Å². The third-order valence-corrected chi connectivity index (χ3v) is 7.18. The van der Waals surface area contributed by atoms with Gasteiger partial charge in [-0.3, -0.25) is 14.4 Å². The molecule has 2 bridgehead atoms. The van der Waals surface area contributed by atoms with Crippen molar-refractivity contribution >= 4 is 23.5 Å². The maximum absolute atomic E-state index is 13.4. The number of carbonyl (C=O) groups excluding carboxylic acids is 3. The highest BCUT2D eigenvalue weighted by molar-refractivity contribution is 6.23. The van der Waals surface area contributed by atoms with Crippen molar-refractivity contribution in [3.63, 3.8) is 0 Å². The van der Waals surface area contributed by atoms with Gasteiger partial charge in [-0.1, -0.05) is 54.6 Å². The van der Waals surface area contributed by atoms with Crippen molar-refractivity contribution in [3.05, 3.63) is 72.3 Å². The Morgan fingerprint density at radius 3 is 2.13 bits per heavy atom. The maximum atomic E-state index is 13.4. The molecular formula is C25H21NO4. The Bertz CT molecular complexity index is 1060. The van der Waals surface area contributed by atoms with Gasteiger partial charge in [0.25, 0.3) is 0 Å². The largest absolute Gasteiger partial charge is 0.424 e. The van der Waals surface area contributed by atoms with Gasteiger partial charge in [0.1, 0.15) is 0 Å². The Labute approximate surface area is 174 Å². The SMILES string of the molecule is O=C(Cc1ccccc1)Oc1ccccc1N1C(=O)[C@@H]2[C@H]3C=C[C@@H]([C@@H]4C[C@@H]34)[C@@H]2C1=O. The lowest BCUT2D eigenvalue weighted by Gasteiger charge is -2.37. The second kappa shape index (κ2) is 6.39. The van der Waals surface area contributed by atoms with Gasteiger partial charge < -0.3 is 4.74 Å². The molecule has 0 unspecified atom stereocenters. The summed E-state index contributed by atoms with van der Waals surface area (Å²) in [4.78, 5) is 40.5. The van der Waals surface area contributed by atoms with Crippen LogP contribution in [0.3, 0.4) is 0 Å². The number of benzene rings is 2. The Morgan fingerprint density at radius 1 is 0.867 bits per heavy atom. The molecule has 0 N–H and O–H groups in total. The Morgan fingerprint density at radius 2 is 1.47 bits per heavy atom. The number of ether oxygens (including phenoxy) is 1. The van der Waals surface area contributed by atoms with Crippen molar-refractivity contribution in [3.8, 4) is 5.75 Å². The molecule has 1 aliphatic heterocycles. The highest BCUT2D eigenvalue weighted by Crippen LogP contribution is 2.65. The van der Waals surface area contributed by atoms with Crippen molar-refractivity contribution in [2.24, 2.45) is 35.5 Å². The molecule has 2 aromatic rings. The number of imide groups is 1. The van der Waals surface area contributed by atoms with Gasteiger partial charge >= 0.3 is 5.97 Å². The van der Waals surface area contributed by atoms with Crippen molar-refractivity contribution in [1.29, 1.82) is 0 Å². The first-order valence-electron chi connectivity index (χ1n) is 10.5. The van der Waals surface area contributed by atoms with Crippen LogP contribution in [0.2, 0.25) is 0 Å². The minimum atomic E-state index is -0.423. The van der Waals surface area contributed by atoms with Gasteiger partial charge in [-0.05, 0) is 47.8 Å². The van der Waals surface area contributed by atoms with Crippen molar-refractivity contribution in [2.45, 2.75) is 12.8 Å². The summed E-state index contributed by atoms with van der Waals surface area (Å²) >= 11 is 0. The van der Waals surface area contributed by atoms with Gasteiger partial charge in [0.15, 0.2) is 5.75 Å². The van der Waals surface area contributed by atoms with E-state index in [0.717, 1.165) is 12.0 Å². The molecule has 2 amide bonds. The number of carbonyl (C=O) groups is 3. The standard InChI is InChI=1S/C25H21NO4/c27-21(12-14-6-2-1-3-7-14)30-20-9-5-4-8-19(20)26-24(28)22-15-10-11-16(18-13-17(15)18)23(22)25(26)29/h1-11,15-18,22-23H,12-13H2/t15-,16-,17-,18-,22-,23+/m0/s1. The van der Waals surface area contributed by atoms with Crippen molar-refractivity contribution in [1.82, 2.24) is 0 Å². The van der Waals surface area contributed by atoms with E-state index in [9.17, 15) is 14.4 Å². The molecule has 30 heavy (non-hydrogen) atoms. The first-order valence-corrected chi connectivity index (χ1v) is 10.5. The zero-order valence-electron chi connectivity index (χ0n) is 16.3. The molecule has 0 radical (unpaired) electrons. The first-order chi connectivity index (χ1) is 14.6. The fraction of sp³-hybridized carbons (Fsp3) is 0.320. The monoisotopic (exact) mass is 399 g/mol. The van der Waals surface area contributed by atoms with Crippen LogP contribution in [0.15, 0.2) is 66.7 Å². The van der Waals surface area contributed by atoms with E-state index in [1.165, 1.54) is 4.90 Å². The molecule has 6 atom stereocenters. The van der Waals surface area contributed by atoms with Gasteiger partial charge in [-0.15, -0.1) is 0 Å². The van der Waals surface area contributed by atoms with E-state index in [1.807, 2.05) is 30.3 Å². The highest BCUT2D eigenvalue weighted by atomic mass is 16.5. The van der Waals surface area contributed by atoms with Crippen LogP contribution >= 0.6 is 0 Å². The van der Waals surface area contributed by atoms with E-state index in [0.29, 0.717) is 17.5 Å². The van der Waals surface area contributed by atoms with Gasteiger partial charge in [-0.25, -0.2) is 4.90 Å². The number of esters is 1. The van der Waals surface area contributed by atoms with E-state index in [1.54, 1.807) is 24.3 Å². The first kappa shape index (κ1) is 17.6. The zero-order valence-corrected chi connectivity index (χ0v) is 16.3. The van der Waals surface area contributed by atoms with Gasteiger partial charge in [0.05, 0.1) is 23.9 Å². The quantitative estimate of drug-likeness (QED) is 0.342. The van der Waals surface area contributed by atoms with Gasteiger partial charge in [-0.2, -0.15) is 0 Å². The molecule has 150 valence electrons. The lowest BCUT2D eigenvalue weighted by Crippen LogP contribution is -2.40. The highest BCUT2D eigenvalue weighted by Gasteiger charge is 2.67. The normalized spacial score (nSPS) is 32.7. The molecule has 1 saturated heterocycles. The summed E-state index contributed by atoms with van der Waals surface area (Å²) < 4.78 is 5.61. The molecule has 5 heteroatoms. The van der Waals surface area contributed by atoms with Gasteiger partial charge in [0, 0.05) is 0 Å². The lowest BCUT2D eigenvalue weighted by molar-refractivity contribution is -0.134. The van der Waals surface area contributed by atoms with Crippen LogP contribution in [0, 0.1) is 35.5 Å². The predicted octanol–water partition coefficient (Wildman–Crippen LogP) is 3.39. The number of anilines is 1. The molecule has 1 heterocycles. The Hall–Kier alpha value is -3.21. The van der Waals surface area contributed by atoms with E-state index in [4.69, 9.17) is 4.74 Å². The lowest BCUT2D eigenvalue weighted by atomic mass is 9.63. The fourth-order valence-corrected chi connectivity index (χ4v) is 5.84. The van der Waals surface area contributed by atoms with Crippen LogP contribution in [0.5, 0.6) is 5.75 Å². The number of rotatable bonds is 4. The second-order valence-corrected chi connectivity index (χ2v) is 8.77. The Kier molecular flexibility index (Phi) is 3.76. The molecule has 3 fully saturated rings. The summed E-state index contributed by atoms with van der Waals surface area (Å²) in [5.41, 5.74) is 1.22. The maximum Gasteiger partial charge on any atom is 0.315 e. The van der Waals surface area contributed by atoms with Crippen LogP contribution in [0.1, 0.15) is 12.0 Å². The van der Waals surface area contributed by atoms with Crippen molar-refractivity contribution in [2.75, 3.05) is 4.90 Å². The number of hydrogen-bond acceptors (Lipinski definition) is 4. The molecule has 4 aliphatic carbocycles. The second-order valence-electron chi connectivity index (χ2n) is 8.77. The van der Waals surface area contributed by atoms with Crippen LogP contribution in [0.4, 0.5) is 5.69 Å². The topological polar surface area (TPSA) is 63.7 Å². The number of amides is 2. The van der Waals surface area contributed by atoms with E-state index in [2.05, 4.69) is 12.2 Å². The number of para-hydroxylation sites is 2. The van der Waals surface area contributed by atoms with E-state index in [-0.39, 0.29) is 47.7 Å². The molecule has 7 rings (SSSR count). The molecule has 0 aromatic heterocycles. The molecule has 2 aromatic carbocycles. The zero-order chi connectivity index (χ0) is 20.4. The fourth-order valence-electron chi connectivity index (χ4n) is 5.84. The van der Waals surface area contributed by atoms with Crippen LogP contribution < -0.4 is 9.64 Å². The number of allylic oxidation sites excluding steroid dienone is 2. The average molecular weight is 399 g/mol. The molecule has 0 spiro atoms. The minimum Gasteiger partial charge on any atom is -0.424 e. The van der Waals surface area contributed by atoms with Crippen molar-refractivity contribution < 1.29 is 19.1 Å². The summed E-state index contributed by atoms with van der Waals surface area (Å²) in [6.45, 7) is 0. The average Bonchev–Trinajstić information content (AvgIpc) is 3.53. The molecular weight excluding hydrogens is 378 g/mol. The summed E-state index contributed by atoms with van der Waals surface area (Å²) in [6, 6.07) is 16.2. The summed E-state index contributed by atoms with van der Waals surface area (Å²) in [7, 11) is 0. The third kappa shape index (κ3) is 2.51. The minimum absolute atomic E-state index is 0.125. The summed E-state index contributed by atoms with van der Waals surface area (Å²) in [5, 5.41) is 0. The summed E-state index contributed by atoms with van der Waals surface area (Å²) in [6.07, 6.45) is 5.56. The molecule has 5 aliphatic rings. The van der Waals surface area contributed by atoms with Gasteiger partial charge in [0.2, 0.25) is 11.8 Å². The Balaban J connectivity index is 1.29. The third-order valence-electron chi connectivity index (χ3n) is 7.18. The van der Waals surface area contributed by atoms with E-state index >= 15 is 0 Å².